The third-order valence-electron chi connectivity index (χ3n) is 3.12. The van der Waals surface area contributed by atoms with Crippen molar-refractivity contribution in [2.75, 3.05) is 14.2 Å². The maximum absolute atomic E-state index is 9.65. The van der Waals surface area contributed by atoms with Gasteiger partial charge in [-0.05, 0) is 30.5 Å². The molecular weight excluding hydrogens is 230 g/mol. The Balaban J connectivity index is 2.00. The molecule has 0 bridgehead atoms. The predicted octanol–water partition coefficient (Wildman–Crippen LogP) is 1.31. The van der Waals surface area contributed by atoms with E-state index in [-0.39, 0.29) is 5.75 Å². The van der Waals surface area contributed by atoms with Gasteiger partial charge in [0.15, 0.2) is 17.5 Å². The summed E-state index contributed by atoms with van der Waals surface area (Å²) in [5.41, 5.74) is 6.79. The van der Waals surface area contributed by atoms with E-state index in [2.05, 4.69) is 4.99 Å². The number of ether oxygens (including phenoxy) is 1. The van der Waals surface area contributed by atoms with Crippen molar-refractivity contribution in [3.63, 3.8) is 0 Å². The third-order valence-corrected chi connectivity index (χ3v) is 3.12. The van der Waals surface area contributed by atoms with Crippen LogP contribution in [0.4, 0.5) is 0 Å². The highest BCUT2D eigenvalue weighted by atomic mass is 16.5. The topological polar surface area (TPSA) is 71.1 Å². The number of nitrogens with two attached hydrogens (primary N) is 1. The van der Waals surface area contributed by atoms with Crippen LogP contribution in [0.1, 0.15) is 18.4 Å². The predicted molar refractivity (Wildman–Crippen MR) is 70.8 cm³/mol. The van der Waals surface area contributed by atoms with Gasteiger partial charge in [0.05, 0.1) is 13.7 Å². The first-order valence-corrected chi connectivity index (χ1v) is 6.00. The molecule has 1 aromatic rings. The number of aromatic hydroxyl groups is 1. The van der Waals surface area contributed by atoms with Crippen molar-refractivity contribution in [2.45, 2.75) is 25.4 Å². The molecule has 1 aromatic carbocycles. The second kappa shape index (κ2) is 5.16. The minimum absolute atomic E-state index is 0.124. The minimum Gasteiger partial charge on any atom is -0.504 e. The van der Waals surface area contributed by atoms with E-state index < -0.39 is 0 Å². The zero-order chi connectivity index (χ0) is 13.1. The summed E-state index contributed by atoms with van der Waals surface area (Å²) in [6, 6.07) is 5.79. The van der Waals surface area contributed by atoms with Crippen LogP contribution in [0.5, 0.6) is 11.5 Å². The molecule has 0 spiro atoms. The molecule has 1 saturated carbocycles. The van der Waals surface area contributed by atoms with Gasteiger partial charge in [-0.2, -0.15) is 0 Å². The average Bonchev–Trinajstić information content (AvgIpc) is 3.19. The molecule has 1 aliphatic carbocycles. The summed E-state index contributed by atoms with van der Waals surface area (Å²) in [7, 11) is 3.48. The van der Waals surface area contributed by atoms with Gasteiger partial charge in [-0.15, -0.1) is 0 Å². The lowest BCUT2D eigenvalue weighted by molar-refractivity contribution is 0.373. The van der Waals surface area contributed by atoms with Crippen molar-refractivity contribution in [2.24, 2.45) is 10.7 Å². The van der Waals surface area contributed by atoms with Crippen LogP contribution >= 0.6 is 0 Å². The second-order valence-corrected chi connectivity index (χ2v) is 4.52. The summed E-state index contributed by atoms with van der Waals surface area (Å²) < 4.78 is 4.98. The van der Waals surface area contributed by atoms with Gasteiger partial charge >= 0.3 is 0 Å². The summed E-state index contributed by atoms with van der Waals surface area (Å²) in [4.78, 5) is 6.32. The zero-order valence-electron chi connectivity index (χ0n) is 10.8. The van der Waals surface area contributed by atoms with Crippen LogP contribution in [-0.4, -0.2) is 36.2 Å². The highest BCUT2D eigenvalue weighted by Crippen LogP contribution is 2.27. The van der Waals surface area contributed by atoms with E-state index >= 15 is 0 Å². The first-order valence-electron chi connectivity index (χ1n) is 6.00. The molecule has 0 aliphatic heterocycles. The van der Waals surface area contributed by atoms with Crippen LogP contribution in [0.3, 0.4) is 0 Å². The number of phenolic OH excluding ortho intramolecular Hbond substituents is 1. The van der Waals surface area contributed by atoms with Crippen molar-refractivity contribution in [1.29, 1.82) is 0 Å². The highest BCUT2D eigenvalue weighted by Gasteiger charge is 2.27. The van der Waals surface area contributed by atoms with E-state index in [1.807, 2.05) is 18.0 Å². The number of rotatable bonds is 4. The molecule has 98 valence electrons. The molecule has 1 aliphatic rings. The van der Waals surface area contributed by atoms with Crippen LogP contribution in [0.15, 0.2) is 23.2 Å². The third kappa shape index (κ3) is 2.85. The van der Waals surface area contributed by atoms with Gasteiger partial charge in [-0.25, -0.2) is 4.99 Å². The van der Waals surface area contributed by atoms with Crippen LogP contribution < -0.4 is 10.5 Å². The van der Waals surface area contributed by atoms with Gasteiger partial charge in [0.1, 0.15) is 0 Å². The number of nitrogens with zero attached hydrogens (tertiary/aromatic N) is 2. The van der Waals surface area contributed by atoms with Crippen molar-refractivity contribution in [1.82, 2.24) is 4.90 Å². The summed E-state index contributed by atoms with van der Waals surface area (Å²) >= 11 is 0. The van der Waals surface area contributed by atoms with Crippen molar-refractivity contribution in [3.8, 4) is 11.5 Å². The lowest BCUT2D eigenvalue weighted by atomic mass is 10.2. The molecule has 3 N–H and O–H groups in total. The van der Waals surface area contributed by atoms with Crippen LogP contribution in [0, 0.1) is 0 Å². The molecule has 0 amide bonds. The average molecular weight is 249 g/mol. The zero-order valence-corrected chi connectivity index (χ0v) is 10.8. The van der Waals surface area contributed by atoms with Crippen molar-refractivity contribution < 1.29 is 9.84 Å². The van der Waals surface area contributed by atoms with E-state index in [1.165, 1.54) is 20.0 Å². The van der Waals surface area contributed by atoms with Gasteiger partial charge in [-0.3, -0.25) is 0 Å². The van der Waals surface area contributed by atoms with Crippen LogP contribution in [0.25, 0.3) is 0 Å². The Morgan fingerprint density at radius 3 is 2.83 bits per heavy atom. The summed E-state index contributed by atoms with van der Waals surface area (Å²) in [6.07, 6.45) is 2.38. The van der Waals surface area contributed by atoms with Gasteiger partial charge in [0, 0.05) is 13.1 Å². The summed E-state index contributed by atoms with van der Waals surface area (Å²) in [5.74, 6) is 1.14. The van der Waals surface area contributed by atoms with Crippen molar-refractivity contribution in [3.05, 3.63) is 23.8 Å². The molecule has 0 aromatic heterocycles. The molecule has 5 heteroatoms. The van der Waals surface area contributed by atoms with Gasteiger partial charge in [0.25, 0.3) is 0 Å². The Hall–Kier alpha value is -1.91. The Labute approximate surface area is 107 Å². The first-order chi connectivity index (χ1) is 8.61. The monoisotopic (exact) mass is 249 g/mol. The standard InChI is InChI=1S/C13H19N3O2/c1-16(10-4-5-10)13(14)15-8-9-3-6-12(18-2)11(17)7-9/h3,6-7,10,17H,4-5,8H2,1-2H3,(H2,14,15). The number of phenols is 1. The maximum Gasteiger partial charge on any atom is 0.191 e. The van der Waals surface area contributed by atoms with E-state index in [0.717, 1.165) is 5.56 Å². The molecule has 0 unspecified atom stereocenters. The number of methoxy groups -OCH3 is 1. The van der Waals surface area contributed by atoms with Crippen LogP contribution in [-0.2, 0) is 6.54 Å². The minimum atomic E-state index is 0.124. The first kappa shape index (κ1) is 12.5. The molecule has 2 rings (SSSR count). The highest BCUT2D eigenvalue weighted by molar-refractivity contribution is 5.78. The molecule has 0 atom stereocenters. The van der Waals surface area contributed by atoms with Gasteiger partial charge in [0.2, 0.25) is 0 Å². The normalized spacial score (nSPS) is 15.6. The number of guanidine groups is 1. The maximum atomic E-state index is 9.65. The molecule has 5 nitrogen and oxygen atoms in total. The largest absolute Gasteiger partial charge is 0.504 e. The molecule has 18 heavy (non-hydrogen) atoms. The van der Waals surface area contributed by atoms with E-state index in [0.29, 0.717) is 24.3 Å². The molecule has 0 saturated heterocycles. The van der Waals surface area contributed by atoms with E-state index in [1.54, 1.807) is 12.1 Å². The quantitative estimate of drug-likeness (QED) is 0.623. The van der Waals surface area contributed by atoms with Gasteiger partial charge < -0.3 is 20.5 Å². The van der Waals surface area contributed by atoms with Crippen molar-refractivity contribution >= 4 is 5.96 Å². The molecular formula is C13H19N3O2. The number of hydrogen-bond acceptors (Lipinski definition) is 3. The Bertz CT molecular complexity index is 456. The van der Waals surface area contributed by atoms with Gasteiger partial charge in [-0.1, -0.05) is 6.07 Å². The lowest BCUT2D eigenvalue weighted by Crippen LogP contribution is -2.35. The fraction of sp³-hybridized carbons (Fsp3) is 0.462. The summed E-state index contributed by atoms with van der Waals surface area (Å²) in [6.45, 7) is 0.459. The Morgan fingerprint density at radius 2 is 2.28 bits per heavy atom. The number of benzene rings is 1. The van der Waals surface area contributed by atoms with E-state index in [4.69, 9.17) is 10.5 Å². The SMILES string of the molecule is COc1ccc(CN=C(N)N(C)C2CC2)cc1O. The number of hydrogen-bond donors (Lipinski definition) is 2. The Kier molecular flexibility index (Phi) is 3.60. The Morgan fingerprint density at radius 1 is 1.56 bits per heavy atom. The van der Waals surface area contributed by atoms with Crippen LogP contribution in [0.2, 0.25) is 0 Å². The smallest absolute Gasteiger partial charge is 0.191 e. The second-order valence-electron chi connectivity index (χ2n) is 4.52. The fourth-order valence-electron chi connectivity index (χ4n) is 1.77. The lowest BCUT2D eigenvalue weighted by Gasteiger charge is -2.16. The summed E-state index contributed by atoms with van der Waals surface area (Å²) in [5, 5.41) is 9.65. The number of aliphatic imine (C=N–C) groups is 1. The van der Waals surface area contributed by atoms with E-state index in [9.17, 15) is 5.11 Å². The molecule has 0 heterocycles. The fourth-order valence-corrected chi connectivity index (χ4v) is 1.77. The molecule has 1 fully saturated rings. The molecule has 0 radical (unpaired) electrons.